The molecule has 1 aliphatic rings. The minimum atomic E-state index is -0.560. The van der Waals surface area contributed by atoms with Crippen molar-refractivity contribution >= 4 is 17.4 Å². The maximum Gasteiger partial charge on any atom is 0.168 e. The first-order valence-electron chi connectivity index (χ1n) is 5.26. The van der Waals surface area contributed by atoms with Gasteiger partial charge in [0.25, 0.3) is 0 Å². The minimum Gasteiger partial charge on any atom is -0.378 e. The van der Waals surface area contributed by atoms with Crippen LogP contribution in [0.4, 0.5) is 4.39 Å². The van der Waals surface area contributed by atoms with Crippen molar-refractivity contribution in [1.82, 2.24) is 0 Å². The molecule has 2 rings (SSSR count). The van der Waals surface area contributed by atoms with E-state index < -0.39 is 5.82 Å². The first-order chi connectivity index (χ1) is 7.66. The molecule has 2 nitrogen and oxygen atoms in total. The summed E-state index contributed by atoms with van der Waals surface area (Å²) in [6.45, 7) is 0.695. The van der Waals surface area contributed by atoms with E-state index >= 15 is 0 Å². The Morgan fingerprint density at radius 3 is 3.00 bits per heavy atom. The first kappa shape index (κ1) is 11.6. The molecular weight excluding hydrogens is 231 g/mol. The summed E-state index contributed by atoms with van der Waals surface area (Å²) in [6, 6.07) is 4.10. The minimum absolute atomic E-state index is 0.0532. The number of hydrogen-bond donors (Lipinski definition) is 0. The monoisotopic (exact) mass is 242 g/mol. The number of carbonyl (C=O) groups is 1. The summed E-state index contributed by atoms with van der Waals surface area (Å²) in [4.78, 5) is 11.8. The summed E-state index contributed by atoms with van der Waals surface area (Å²) >= 11 is 5.62. The average molecular weight is 243 g/mol. The molecule has 1 unspecified atom stereocenters. The van der Waals surface area contributed by atoms with Crippen LogP contribution in [0.25, 0.3) is 0 Å². The molecule has 1 aromatic rings. The molecule has 1 aromatic carbocycles. The predicted octanol–water partition coefficient (Wildman–Crippen LogP) is 3.23. The van der Waals surface area contributed by atoms with Gasteiger partial charge in [0.05, 0.1) is 11.7 Å². The van der Waals surface area contributed by atoms with Crippen LogP contribution in [0.15, 0.2) is 18.2 Å². The summed E-state index contributed by atoms with van der Waals surface area (Å²) in [6.07, 6.45) is 2.04. The Labute approximate surface area is 98.4 Å². The maximum atomic E-state index is 13.4. The topological polar surface area (TPSA) is 26.3 Å². The molecule has 1 atom stereocenters. The van der Waals surface area contributed by atoms with Crippen LogP contribution >= 0.6 is 11.6 Å². The second-order valence-corrected chi connectivity index (χ2v) is 4.32. The second-order valence-electron chi connectivity index (χ2n) is 3.89. The molecule has 0 bridgehead atoms. The largest absolute Gasteiger partial charge is 0.378 e. The molecule has 0 spiro atoms. The third-order valence-corrected chi connectivity index (χ3v) is 2.90. The van der Waals surface area contributed by atoms with E-state index in [-0.39, 0.29) is 23.9 Å². The van der Waals surface area contributed by atoms with Crippen molar-refractivity contribution in [2.75, 3.05) is 6.61 Å². The van der Waals surface area contributed by atoms with Gasteiger partial charge in [-0.25, -0.2) is 4.39 Å². The van der Waals surface area contributed by atoms with Crippen molar-refractivity contribution in [3.63, 3.8) is 0 Å². The van der Waals surface area contributed by atoms with E-state index in [0.717, 1.165) is 18.9 Å². The third kappa shape index (κ3) is 2.60. The van der Waals surface area contributed by atoms with Crippen LogP contribution in [0.1, 0.15) is 29.6 Å². The lowest BCUT2D eigenvalue weighted by molar-refractivity contribution is 0.0772. The van der Waals surface area contributed by atoms with E-state index in [1.54, 1.807) is 0 Å². The number of ether oxygens (including phenoxy) is 1. The number of ketones is 1. The van der Waals surface area contributed by atoms with Crippen molar-refractivity contribution in [1.29, 1.82) is 0 Å². The lowest BCUT2D eigenvalue weighted by Crippen LogP contribution is -2.13. The predicted molar refractivity (Wildman–Crippen MR) is 59.3 cm³/mol. The van der Waals surface area contributed by atoms with E-state index in [1.807, 2.05) is 0 Å². The van der Waals surface area contributed by atoms with Crippen LogP contribution in [0.3, 0.4) is 0 Å². The fourth-order valence-electron chi connectivity index (χ4n) is 1.84. The van der Waals surface area contributed by atoms with Gasteiger partial charge in [-0.2, -0.15) is 0 Å². The highest BCUT2D eigenvalue weighted by Gasteiger charge is 2.21. The first-order valence-corrected chi connectivity index (χ1v) is 5.64. The Bertz CT molecular complexity index is 400. The Balaban J connectivity index is 2.08. The van der Waals surface area contributed by atoms with E-state index in [1.165, 1.54) is 12.1 Å². The van der Waals surface area contributed by atoms with Crippen molar-refractivity contribution < 1.29 is 13.9 Å². The zero-order chi connectivity index (χ0) is 11.5. The second kappa shape index (κ2) is 4.93. The van der Waals surface area contributed by atoms with Gasteiger partial charge in [-0.1, -0.05) is 11.6 Å². The van der Waals surface area contributed by atoms with Crippen molar-refractivity contribution in [3.05, 3.63) is 34.6 Å². The van der Waals surface area contributed by atoms with Crippen molar-refractivity contribution in [3.8, 4) is 0 Å². The normalized spacial score (nSPS) is 20.0. The third-order valence-electron chi connectivity index (χ3n) is 2.67. The van der Waals surface area contributed by atoms with Crippen LogP contribution in [-0.4, -0.2) is 18.5 Å². The Kier molecular flexibility index (Phi) is 3.56. The van der Waals surface area contributed by atoms with Gasteiger partial charge in [-0.3, -0.25) is 4.79 Å². The van der Waals surface area contributed by atoms with Crippen LogP contribution < -0.4 is 0 Å². The molecule has 16 heavy (non-hydrogen) atoms. The van der Waals surface area contributed by atoms with E-state index in [0.29, 0.717) is 11.6 Å². The summed E-state index contributed by atoms with van der Waals surface area (Å²) in [5.41, 5.74) is 0.0971. The summed E-state index contributed by atoms with van der Waals surface area (Å²) in [5, 5.41) is 0.297. The van der Waals surface area contributed by atoms with Gasteiger partial charge in [0, 0.05) is 18.1 Å². The van der Waals surface area contributed by atoms with Gasteiger partial charge >= 0.3 is 0 Å². The number of rotatable bonds is 3. The highest BCUT2D eigenvalue weighted by Crippen LogP contribution is 2.20. The molecule has 1 aliphatic heterocycles. The van der Waals surface area contributed by atoms with Gasteiger partial charge < -0.3 is 4.74 Å². The molecule has 0 aromatic heterocycles. The average Bonchev–Trinajstić information content (AvgIpc) is 2.70. The van der Waals surface area contributed by atoms with E-state index in [4.69, 9.17) is 16.3 Å². The van der Waals surface area contributed by atoms with Crippen LogP contribution in [-0.2, 0) is 4.74 Å². The number of benzene rings is 1. The molecular formula is C12H12ClFO2. The number of halogens is 2. The molecule has 0 amide bonds. The zero-order valence-corrected chi connectivity index (χ0v) is 9.47. The van der Waals surface area contributed by atoms with Crippen molar-refractivity contribution in [2.24, 2.45) is 0 Å². The molecule has 0 N–H and O–H groups in total. The molecule has 0 radical (unpaired) electrons. The molecule has 4 heteroatoms. The fourth-order valence-corrected chi connectivity index (χ4v) is 2.00. The molecule has 0 saturated carbocycles. The highest BCUT2D eigenvalue weighted by atomic mass is 35.5. The molecule has 1 saturated heterocycles. The smallest absolute Gasteiger partial charge is 0.168 e. The van der Waals surface area contributed by atoms with E-state index in [2.05, 4.69) is 0 Å². The zero-order valence-electron chi connectivity index (χ0n) is 8.71. The van der Waals surface area contributed by atoms with Gasteiger partial charge in [-0.05, 0) is 31.0 Å². The molecule has 1 heterocycles. The summed E-state index contributed by atoms with van der Waals surface area (Å²) in [7, 11) is 0. The molecule has 0 aliphatic carbocycles. The Morgan fingerprint density at radius 1 is 1.56 bits per heavy atom. The van der Waals surface area contributed by atoms with Crippen LogP contribution in [0.2, 0.25) is 5.02 Å². The molecule has 86 valence electrons. The molecule has 1 fully saturated rings. The lowest BCUT2D eigenvalue weighted by Gasteiger charge is -2.08. The van der Waals surface area contributed by atoms with Crippen LogP contribution in [0.5, 0.6) is 0 Å². The fraction of sp³-hybridized carbons (Fsp3) is 0.417. The highest BCUT2D eigenvalue weighted by molar-refractivity contribution is 6.30. The van der Waals surface area contributed by atoms with Gasteiger partial charge in [-0.15, -0.1) is 0 Å². The lowest BCUT2D eigenvalue weighted by atomic mass is 10.0. The maximum absolute atomic E-state index is 13.4. The van der Waals surface area contributed by atoms with Crippen molar-refractivity contribution in [2.45, 2.75) is 25.4 Å². The van der Waals surface area contributed by atoms with E-state index in [9.17, 15) is 9.18 Å². The Hall–Kier alpha value is -0.930. The van der Waals surface area contributed by atoms with Gasteiger partial charge in [0.1, 0.15) is 5.82 Å². The SMILES string of the molecule is O=C(CC1CCCO1)c1ccc(Cl)cc1F. The Morgan fingerprint density at radius 2 is 2.38 bits per heavy atom. The number of carbonyl (C=O) groups excluding carboxylic acids is 1. The number of hydrogen-bond acceptors (Lipinski definition) is 2. The quantitative estimate of drug-likeness (QED) is 0.761. The number of Topliss-reactive ketones (excluding diaryl/α,β-unsaturated/α-hetero) is 1. The summed E-state index contributed by atoms with van der Waals surface area (Å²) in [5.74, 6) is -0.781. The van der Waals surface area contributed by atoms with Gasteiger partial charge in [0.2, 0.25) is 0 Å². The summed E-state index contributed by atoms with van der Waals surface area (Å²) < 4.78 is 18.8. The standard InChI is InChI=1S/C12H12ClFO2/c13-8-3-4-10(11(14)6-8)12(15)7-9-2-1-5-16-9/h3-4,6,9H,1-2,5,7H2. The van der Waals surface area contributed by atoms with Gasteiger partial charge in [0.15, 0.2) is 5.78 Å². The van der Waals surface area contributed by atoms with Crippen LogP contribution in [0, 0.1) is 5.82 Å².